The highest BCUT2D eigenvalue weighted by molar-refractivity contribution is 7.86. The van der Waals surface area contributed by atoms with Crippen molar-refractivity contribution in [2.75, 3.05) is 13.6 Å². The molecule has 222 valence electrons. The Kier molecular flexibility index (Phi) is 8.56. The van der Waals surface area contributed by atoms with Gasteiger partial charge in [0, 0.05) is 28.8 Å². The van der Waals surface area contributed by atoms with E-state index in [0.717, 1.165) is 0 Å². The first-order valence-corrected chi connectivity index (χ1v) is 13.5. The van der Waals surface area contributed by atoms with Crippen molar-refractivity contribution in [1.82, 2.24) is 9.88 Å². The van der Waals surface area contributed by atoms with Gasteiger partial charge in [0.1, 0.15) is 23.8 Å². The van der Waals surface area contributed by atoms with Crippen LogP contribution >= 0.6 is 0 Å². The number of carboxylic acids is 1. The number of benzene rings is 2. The van der Waals surface area contributed by atoms with E-state index >= 15 is 4.39 Å². The molecule has 42 heavy (non-hydrogen) atoms. The van der Waals surface area contributed by atoms with Crippen LogP contribution in [0, 0.1) is 17.0 Å². The highest BCUT2D eigenvalue weighted by Gasteiger charge is 2.39. The van der Waals surface area contributed by atoms with Crippen LogP contribution in [0.1, 0.15) is 31.1 Å². The van der Waals surface area contributed by atoms with Gasteiger partial charge in [-0.05, 0) is 57.3 Å². The Morgan fingerprint density at radius 3 is 2.55 bits per heavy atom. The number of phenolic OH excluding ortho intramolecular Hbond substituents is 1. The molecule has 0 radical (unpaired) electrons. The lowest BCUT2D eigenvalue weighted by Crippen LogP contribution is -2.51. The first kappa shape index (κ1) is 30.5. The Hall–Kier alpha value is -4.47. The van der Waals surface area contributed by atoms with Gasteiger partial charge in [0.2, 0.25) is 11.6 Å². The number of carbonyl (C=O) groups is 1. The third-order valence-corrected chi connectivity index (χ3v) is 8.48. The lowest BCUT2D eigenvalue weighted by atomic mass is 10.1. The number of hydrogen-bond acceptors (Lipinski definition) is 10. The van der Waals surface area contributed by atoms with Crippen molar-refractivity contribution in [2.45, 2.75) is 35.7 Å². The normalized spacial score (nSPS) is 16.7. The monoisotopic (exact) mass is 602 g/mol. The molecule has 1 aliphatic heterocycles. The predicted octanol–water partition coefficient (Wildman–Crippen LogP) is 3.25. The molecule has 15 heteroatoms. The van der Waals surface area contributed by atoms with E-state index in [1.165, 1.54) is 50.2 Å². The molecule has 0 saturated heterocycles. The summed E-state index contributed by atoms with van der Waals surface area (Å²) in [6.45, 7) is 3.36. The number of phenols is 1. The number of ether oxygens (including phenoxy) is 2. The second-order valence-electron chi connectivity index (χ2n) is 9.89. The summed E-state index contributed by atoms with van der Waals surface area (Å²) < 4.78 is 53.6. The Bertz CT molecular complexity index is 1620. The predicted molar refractivity (Wildman–Crippen MR) is 150 cm³/mol. The molecule has 0 fully saturated rings. The number of nitrogens with zero attached hydrogens (tertiary/aromatic N) is 3. The van der Waals surface area contributed by atoms with Crippen molar-refractivity contribution < 1.29 is 37.5 Å². The lowest BCUT2D eigenvalue weighted by molar-refractivity contribution is -0.139. The molecular weight excluding hydrogens is 574 g/mol. The van der Waals surface area contributed by atoms with Crippen LogP contribution in [0.5, 0.6) is 28.9 Å². The number of hydrogen-bond donors (Lipinski definition) is 5. The minimum atomic E-state index is -1.92. The molecule has 2 heterocycles. The number of nitrogens with one attached hydrogen (secondary N) is 1. The fourth-order valence-corrected chi connectivity index (χ4v) is 5.40. The van der Waals surface area contributed by atoms with Crippen molar-refractivity contribution >= 4 is 28.8 Å². The summed E-state index contributed by atoms with van der Waals surface area (Å²) in [5, 5.41) is 27.1. The van der Waals surface area contributed by atoms with Crippen molar-refractivity contribution in [1.29, 1.82) is 5.41 Å². The summed E-state index contributed by atoms with van der Waals surface area (Å²) in [5.41, 5.74) is 11.7. The van der Waals surface area contributed by atoms with Gasteiger partial charge in [-0.15, -0.1) is 0 Å². The number of carboxylic acid groups (broad SMARTS) is 1. The Labute approximate surface area is 241 Å². The van der Waals surface area contributed by atoms with Gasteiger partial charge in [-0.25, -0.2) is 9.37 Å². The van der Waals surface area contributed by atoms with E-state index < -0.39 is 62.7 Å². The number of aromatic hydroxyl groups is 1. The van der Waals surface area contributed by atoms with Crippen molar-refractivity contribution in [3.8, 4) is 28.9 Å². The number of aromatic nitrogens is 1. The number of aliphatic carboxylic acids is 1. The molecule has 0 spiro atoms. The van der Waals surface area contributed by atoms with E-state index in [4.69, 9.17) is 26.4 Å². The Balaban J connectivity index is 1.75. The highest BCUT2D eigenvalue weighted by atomic mass is 32.2. The van der Waals surface area contributed by atoms with E-state index in [1.807, 2.05) is 0 Å². The third kappa shape index (κ3) is 5.93. The quantitative estimate of drug-likeness (QED) is 0.170. The van der Waals surface area contributed by atoms with Gasteiger partial charge in [-0.3, -0.25) is 24.3 Å². The first-order valence-electron chi connectivity index (χ1n) is 12.4. The van der Waals surface area contributed by atoms with Gasteiger partial charge in [-0.2, -0.15) is 4.39 Å². The SMILES string of the molecule is CN1CC=NC1c1cc(S(=O)C(C)(C)C(N)C(=O)O)ccc1Oc1c(F)cnc(Oc2cc(C(=N)N)ccc2O)c1F. The number of aliphatic imine (C=N–C) groups is 1. The zero-order chi connectivity index (χ0) is 30.9. The maximum Gasteiger partial charge on any atom is 0.322 e. The van der Waals surface area contributed by atoms with Gasteiger partial charge >= 0.3 is 5.97 Å². The third-order valence-electron chi connectivity index (χ3n) is 6.59. The highest BCUT2D eigenvalue weighted by Crippen LogP contribution is 2.41. The molecule has 0 saturated carbocycles. The van der Waals surface area contributed by atoms with E-state index in [-0.39, 0.29) is 27.8 Å². The number of halogens is 2. The average Bonchev–Trinajstić information content (AvgIpc) is 3.38. The van der Waals surface area contributed by atoms with Gasteiger partial charge in [0.25, 0.3) is 5.88 Å². The van der Waals surface area contributed by atoms with Crippen molar-refractivity contribution in [3.63, 3.8) is 0 Å². The van der Waals surface area contributed by atoms with Crippen LogP contribution in [-0.2, 0) is 15.6 Å². The molecule has 3 aromatic rings. The smallest absolute Gasteiger partial charge is 0.322 e. The summed E-state index contributed by atoms with van der Waals surface area (Å²) in [6.07, 6.45) is 1.62. The summed E-state index contributed by atoms with van der Waals surface area (Å²) >= 11 is 0. The molecule has 12 nitrogen and oxygen atoms in total. The summed E-state index contributed by atoms with van der Waals surface area (Å²) in [6, 6.07) is 6.46. The van der Waals surface area contributed by atoms with E-state index in [1.54, 1.807) is 18.2 Å². The topological polar surface area (TPSA) is 197 Å². The summed E-state index contributed by atoms with van der Waals surface area (Å²) in [5.74, 6) is -6.51. The van der Waals surface area contributed by atoms with Gasteiger partial charge < -0.3 is 31.2 Å². The average molecular weight is 603 g/mol. The maximum absolute atomic E-state index is 15.6. The molecule has 0 bridgehead atoms. The second-order valence-corrected chi connectivity index (χ2v) is 11.9. The van der Waals surface area contributed by atoms with Crippen LogP contribution in [-0.4, -0.2) is 66.7 Å². The minimum absolute atomic E-state index is 0.0386. The lowest BCUT2D eigenvalue weighted by Gasteiger charge is -2.28. The van der Waals surface area contributed by atoms with E-state index in [9.17, 15) is 23.6 Å². The van der Waals surface area contributed by atoms with Crippen LogP contribution in [0.25, 0.3) is 0 Å². The van der Waals surface area contributed by atoms with Crippen molar-refractivity contribution in [3.05, 3.63) is 65.4 Å². The van der Waals surface area contributed by atoms with Crippen LogP contribution in [0.3, 0.4) is 0 Å². The van der Waals surface area contributed by atoms with Gasteiger partial charge in [0.05, 0.1) is 21.7 Å². The molecular formula is C27H28F2N6O6S. The number of rotatable bonds is 10. The minimum Gasteiger partial charge on any atom is -0.504 e. The molecule has 2 aromatic carbocycles. The fourth-order valence-electron chi connectivity index (χ4n) is 4.03. The second kappa shape index (κ2) is 11.8. The molecule has 3 atom stereocenters. The van der Waals surface area contributed by atoms with Gasteiger partial charge in [-0.1, -0.05) is 0 Å². The first-order chi connectivity index (χ1) is 19.7. The number of pyridine rings is 1. The van der Waals surface area contributed by atoms with Crippen LogP contribution < -0.4 is 20.9 Å². The molecule has 7 N–H and O–H groups in total. The van der Waals surface area contributed by atoms with Crippen molar-refractivity contribution in [2.24, 2.45) is 16.5 Å². The van der Waals surface area contributed by atoms with E-state index in [2.05, 4.69) is 9.98 Å². The summed E-state index contributed by atoms with van der Waals surface area (Å²) in [7, 11) is -0.175. The molecule has 0 aliphatic carbocycles. The Morgan fingerprint density at radius 2 is 1.93 bits per heavy atom. The van der Waals surface area contributed by atoms with Crippen LogP contribution in [0.4, 0.5) is 8.78 Å². The largest absolute Gasteiger partial charge is 0.504 e. The zero-order valence-electron chi connectivity index (χ0n) is 22.7. The molecule has 3 unspecified atom stereocenters. The fraction of sp³-hybridized carbons (Fsp3) is 0.259. The maximum atomic E-state index is 15.6. The standard InChI is InChI=1S/C27H28F2N6O6S/c1-27(2,22(30)26(37)38)42(39)14-5-7-18(15(11-14)24-33-8-9-35(24)3)40-21-16(28)12-34-25(20(21)29)41-19-10-13(23(31)32)4-6-17(19)36/h4-8,10-12,22,24,36H,9,30H2,1-3H3,(H3,31,32)(H,37,38). The van der Waals surface area contributed by atoms with E-state index in [0.29, 0.717) is 18.3 Å². The van der Waals surface area contributed by atoms with Crippen LogP contribution in [0.2, 0.25) is 0 Å². The van der Waals surface area contributed by atoms with Crippen LogP contribution in [0.15, 0.2) is 52.5 Å². The Morgan fingerprint density at radius 1 is 1.21 bits per heavy atom. The zero-order valence-corrected chi connectivity index (χ0v) is 23.5. The number of amidine groups is 1. The molecule has 1 aliphatic rings. The number of nitrogens with two attached hydrogens (primary N) is 2. The summed E-state index contributed by atoms with van der Waals surface area (Å²) in [4.78, 5) is 21.5. The molecule has 0 amide bonds. The molecule has 4 rings (SSSR count). The van der Waals surface area contributed by atoms with Gasteiger partial charge in [0.15, 0.2) is 17.3 Å². The molecule has 1 aromatic heterocycles. The number of nitrogen functional groups attached to an aromatic ring is 1.